The van der Waals surface area contributed by atoms with Crippen LogP contribution in [-0.4, -0.2) is 42.5 Å². The van der Waals surface area contributed by atoms with Crippen molar-refractivity contribution in [1.29, 1.82) is 0 Å². The first-order valence-corrected chi connectivity index (χ1v) is 11.2. The Morgan fingerprint density at radius 1 is 0.914 bits per heavy atom. The summed E-state index contributed by atoms with van der Waals surface area (Å²) in [6, 6.07) is 16.3. The van der Waals surface area contributed by atoms with E-state index in [9.17, 15) is 9.59 Å². The minimum Gasteiger partial charge on any atom is -0.493 e. The van der Waals surface area contributed by atoms with Crippen LogP contribution < -0.4 is 20.1 Å². The standard InChI is InChI=1S/C27H28N4O4/c1-27(2,16-30-25(32)19-13-17-11-12-28-24(17)29-15-19)20-6-8-21(9-7-20)31-26(33)18-5-10-22(34-3)23(14-18)35-4/h5-15H,16H2,1-4H3,(H,28,29)(H,30,32)(H,31,33). The summed E-state index contributed by atoms with van der Waals surface area (Å²) in [5, 5.41) is 6.79. The minimum absolute atomic E-state index is 0.174. The second-order valence-electron chi connectivity index (χ2n) is 8.81. The Bertz CT molecular complexity index is 1360. The van der Waals surface area contributed by atoms with Gasteiger partial charge in [0, 0.05) is 41.0 Å². The topological polar surface area (TPSA) is 105 Å². The van der Waals surface area contributed by atoms with Crippen molar-refractivity contribution in [2.75, 3.05) is 26.1 Å². The fourth-order valence-electron chi connectivity index (χ4n) is 3.75. The fraction of sp³-hybridized carbons (Fsp3) is 0.222. The molecule has 2 aromatic carbocycles. The molecule has 2 aromatic heterocycles. The van der Waals surface area contributed by atoms with Gasteiger partial charge in [-0.25, -0.2) is 4.98 Å². The van der Waals surface area contributed by atoms with E-state index in [1.807, 2.05) is 36.4 Å². The highest BCUT2D eigenvalue weighted by molar-refractivity contribution is 6.04. The Labute approximate surface area is 203 Å². The molecule has 3 N–H and O–H groups in total. The summed E-state index contributed by atoms with van der Waals surface area (Å²) in [4.78, 5) is 32.6. The van der Waals surface area contributed by atoms with Crippen LogP contribution in [0.5, 0.6) is 11.5 Å². The van der Waals surface area contributed by atoms with Gasteiger partial charge in [0.1, 0.15) is 5.65 Å². The van der Waals surface area contributed by atoms with E-state index in [2.05, 4.69) is 34.4 Å². The van der Waals surface area contributed by atoms with Crippen LogP contribution in [0.1, 0.15) is 40.1 Å². The van der Waals surface area contributed by atoms with Crippen LogP contribution in [0.2, 0.25) is 0 Å². The van der Waals surface area contributed by atoms with Crippen LogP contribution in [-0.2, 0) is 5.41 Å². The van der Waals surface area contributed by atoms with E-state index in [0.717, 1.165) is 16.6 Å². The molecule has 0 atom stereocenters. The monoisotopic (exact) mass is 472 g/mol. The molecular formula is C27H28N4O4. The molecule has 8 nitrogen and oxygen atoms in total. The average Bonchev–Trinajstić information content (AvgIpc) is 3.35. The molecule has 0 unspecified atom stereocenters. The number of aromatic nitrogens is 2. The SMILES string of the molecule is COc1ccc(C(=O)Nc2ccc(C(C)(C)CNC(=O)c3cnc4[nH]ccc4c3)cc2)cc1OC. The van der Waals surface area contributed by atoms with Gasteiger partial charge in [0.2, 0.25) is 0 Å². The Morgan fingerprint density at radius 2 is 1.66 bits per heavy atom. The predicted octanol–water partition coefficient (Wildman–Crippen LogP) is 4.54. The highest BCUT2D eigenvalue weighted by Gasteiger charge is 2.22. The zero-order chi connectivity index (χ0) is 25.0. The van der Waals surface area contributed by atoms with Gasteiger partial charge >= 0.3 is 0 Å². The van der Waals surface area contributed by atoms with Gasteiger partial charge in [-0.15, -0.1) is 0 Å². The fourth-order valence-corrected chi connectivity index (χ4v) is 3.75. The molecule has 0 saturated heterocycles. The van der Waals surface area contributed by atoms with Crippen molar-refractivity contribution >= 4 is 28.5 Å². The number of ether oxygens (including phenoxy) is 2. The Morgan fingerprint density at radius 3 is 2.37 bits per heavy atom. The van der Waals surface area contributed by atoms with Gasteiger partial charge in [-0.05, 0) is 48.0 Å². The molecule has 0 spiro atoms. The third-order valence-corrected chi connectivity index (χ3v) is 5.92. The zero-order valence-electron chi connectivity index (χ0n) is 20.1. The van der Waals surface area contributed by atoms with Crippen LogP contribution >= 0.6 is 0 Å². The van der Waals surface area contributed by atoms with E-state index < -0.39 is 0 Å². The quantitative estimate of drug-likeness (QED) is 0.349. The molecule has 0 saturated carbocycles. The van der Waals surface area contributed by atoms with E-state index >= 15 is 0 Å². The van der Waals surface area contributed by atoms with Gasteiger partial charge in [-0.3, -0.25) is 9.59 Å². The van der Waals surface area contributed by atoms with Crippen molar-refractivity contribution in [3.05, 3.63) is 83.7 Å². The molecule has 35 heavy (non-hydrogen) atoms. The lowest BCUT2D eigenvalue weighted by atomic mass is 9.84. The number of carbonyl (C=O) groups excluding carboxylic acids is 2. The number of anilines is 1. The number of carbonyl (C=O) groups is 2. The maximum atomic E-state index is 12.7. The summed E-state index contributed by atoms with van der Waals surface area (Å²) in [5.41, 5.74) is 3.09. The first kappa shape index (κ1) is 23.8. The van der Waals surface area contributed by atoms with E-state index in [-0.39, 0.29) is 17.2 Å². The molecule has 0 radical (unpaired) electrons. The summed E-state index contributed by atoms with van der Waals surface area (Å²) in [6.45, 7) is 4.55. The van der Waals surface area contributed by atoms with E-state index in [0.29, 0.717) is 34.9 Å². The number of fused-ring (bicyclic) bond motifs is 1. The van der Waals surface area contributed by atoms with Crippen molar-refractivity contribution in [2.45, 2.75) is 19.3 Å². The Hall–Kier alpha value is -4.33. The van der Waals surface area contributed by atoms with E-state index in [4.69, 9.17) is 9.47 Å². The molecule has 0 aliphatic rings. The van der Waals surface area contributed by atoms with Crippen LogP contribution in [0.4, 0.5) is 5.69 Å². The summed E-state index contributed by atoms with van der Waals surface area (Å²) >= 11 is 0. The number of rotatable bonds is 8. The maximum Gasteiger partial charge on any atom is 0.255 e. The number of methoxy groups -OCH3 is 2. The molecule has 4 aromatic rings. The number of hydrogen-bond acceptors (Lipinski definition) is 5. The van der Waals surface area contributed by atoms with Crippen molar-refractivity contribution in [1.82, 2.24) is 15.3 Å². The van der Waals surface area contributed by atoms with E-state index in [1.165, 1.54) is 7.11 Å². The first-order valence-electron chi connectivity index (χ1n) is 11.2. The molecule has 0 fully saturated rings. The van der Waals surface area contributed by atoms with Crippen molar-refractivity contribution in [2.24, 2.45) is 0 Å². The average molecular weight is 473 g/mol. The van der Waals surface area contributed by atoms with Crippen molar-refractivity contribution < 1.29 is 19.1 Å². The van der Waals surface area contributed by atoms with Gasteiger partial charge in [0.15, 0.2) is 11.5 Å². The number of nitrogens with zero attached hydrogens (tertiary/aromatic N) is 1. The Kier molecular flexibility index (Phi) is 6.73. The molecule has 2 heterocycles. The summed E-state index contributed by atoms with van der Waals surface area (Å²) in [7, 11) is 3.07. The summed E-state index contributed by atoms with van der Waals surface area (Å²) in [6.07, 6.45) is 3.36. The molecule has 2 amide bonds. The van der Waals surface area contributed by atoms with Crippen LogP contribution in [0.25, 0.3) is 11.0 Å². The van der Waals surface area contributed by atoms with Gasteiger partial charge in [0.25, 0.3) is 11.8 Å². The zero-order valence-corrected chi connectivity index (χ0v) is 20.1. The number of nitrogens with one attached hydrogen (secondary N) is 3. The number of benzene rings is 2. The normalized spacial score (nSPS) is 11.2. The number of amides is 2. The second-order valence-corrected chi connectivity index (χ2v) is 8.81. The van der Waals surface area contributed by atoms with Crippen molar-refractivity contribution in [3.8, 4) is 11.5 Å². The van der Waals surface area contributed by atoms with Crippen LogP contribution in [0.15, 0.2) is 67.0 Å². The molecule has 0 aliphatic heterocycles. The molecule has 180 valence electrons. The highest BCUT2D eigenvalue weighted by Crippen LogP contribution is 2.28. The van der Waals surface area contributed by atoms with Gasteiger partial charge in [-0.2, -0.15) is 0 Å². The third-order valence-electron chi connectivity index (χ3n) is 5.92. The first-order chi connectivity index (χ1) is 16.8. The smallest absolute Gasteiger partial charge is 0.255 e. The highest BCUT2D eigenvalue weighted by atomic mass is 16.5. The lowest BCUT2D eigenvalue weighted by molar-refractivity contribution is 0.0944. The number of pyridine rings is 1. The van der Waals surface area contributed by atoms with Crippen LogP contribution in [0.3, 0.4) is 0 Å². The largest absolute Gasteiger partial charge is 0.493 e. The minimum atomic E-state index is -0.326. The van der Waals surface area contributed by atoms with Gasteiger partial charge in [0.05, 0.1) is 19.8 Å². The second kappa shape index (κ2) is 9.89. The predicted molar refractivity (Wildman–Crippen MR) is 135 cm³/mol. The van der Waals surface area contributed by atoms with Crippen LogP contribution in [0, 0.1) is 0 Å². The molecule has 0 bridgehead atoms. The maximum absolute atomic E-state index is 12.7. The molecule has 4 rings (SSSR count). The Balaban J connectivity index is 1.38. The number of hydrogen-bond donors (Lipinski definition) is 3. The molecular weight excluding hydrogens is 444 g/mol. The van der Waals surface area contributed by atoms with E-state index in [1.54, 1.807) is 37.7 Å². The lowest BCUT2D eigenvalue weighted by Gasteiger charge is -2.26. The number of H-pyrrole nitrogens is 1. The number of aromatic amines is 1. The molecule has 8 heteroatoms. The van der Waals surface area contributed by atoms with Crippen molar-refractivity contribution in [3.63, 3.8) is 0 Å². The third kappa shape index (κ3) is 5.27. The summed E-state index contributed by atoms with van der Waals surface area (Å²) in [5.74, 6) is 0.623. The van der Waals surface area contributed by atoms with Gasteiger partial charge < -0.3 is 25.1 Å². The summed E-state index contributed by atoms with van der Waals surface area (Å²) < 4.78 is 10.5. The van der Waals surface area contributed by atoms with Gasteiger partial charge in [-0.1, -0.05) is 26.0 Å². The molecule has 0 aliphatic carbocycles. The lowest BCUT2D eigenvalue weighted by Crippen LogP contribution is -2.36.